The van der Waals surface area contributed by atoms with Crippen molar-refractivity contribution in [2.45, 2.75) is 57.4 Å². The number of benzene rings is 2. The zero-order valence-corrected chi connectivity index (χ0v) is 20.9. The highest BCUT2D eigenvalue weighted by molar-refractivity contribution is 5.94. The Kier molecular flexibility index (Phi) is 5.76. The fourth-order valence-corrected chi connectivity index (χ4v) is 6.40. The maximum absolute atomic E-state index is 13.0. The van der Waals surface area contributed by atoms with E-state index in [0.717, 1.165) is 35.4 Å². The number of aromatic amines is 1. The quantitative estimate of drug-likeness (QED) is 0.514. The van der Waals surface area contributed by atoms with Crippen LogP contribution in [0.15, 0.2) is 54.9 Å². The lowest BCUT2D eigenvalue weighted by molar-refractivity contribution is 0.0284. The summed E-state index contributed by atoms with van der Waals surface area (Å²) in [5, 5.41) is 10.0. The van der Waals surface area contributed by atoms with Gasteiger partial charge in [0.05, 0.1) is 6.20 Å². The van der Waals surface area contributed by atoms with Crippen LogP contribution in [-0.4, -0.2) is 46.7 Å². The molecule has 1 aliphatic heterocycles. The van der Waals surface area contributed by atoms with Crippen LogP contribution in [0.4, 0.5) is 0 Å². The van der Waals surface area contributed by atoms with Gasteiger partial charge >= 0.3 is 0 Å². The number of hydrogen-bond acceptors (Lipinski definition) is 3. The number of likely N-dealkylation sites (tertiary alicyclic amines) is 1. The predicted molar refractivity (Wildman–Crippen MR) is 139 cm³/mol. The van der Waals surface area contributed by atoms with Gasteiger partial charge in [-0.25, -0.2) is 0 Å². The molecule has 0 spiro atoms. The molecule has 0 radical (unpaired) electrons. The molecule has 3 atom stereocenters. The van der Waals surface area contributed by atoms with Crippen LogP contribution in [-0.2, 0) is 18.3 Å². The smallest absolute Gasteiger partial charge is 0.251 e. The van der Waals surface area contributed by atoms with Crippen LogP contribution in [0.3, 0.4) is 0 Å². The normalized spacial score (nSPS) is 25.8. The van der Waals surface area contributed by atoms with Crippen LogP contribution in [0.25, 0.3) is 11.1 Å². The first-order valence-electron chi connectivity index (χ1n) is 13.2. The minimum Gasteiger partial charge on any atom is -0.352 e. The molecule has 2 N–H and O–H groups in total. The van der Waals surface area contributed by atoms with Crippen molar-refractivity contribution in [2.75, 3.05) is 19.6 Å². The summed E-state index contributed by atoms with van der Waals surface area (Å²) in [5.74, 6) is 1.59. The van der Waals surface area contributed by atoms with Crippen molar-refractivity contribution < 1.29 is 4.79 Å². The van der Waals surface area contributed by atoms with Crippen LogP contribution in [0.1, 0.15) is 60.2 Å². The molecular weight excluding hydrogens is 432 g/mol. The van der Waals surface area contributed by atoms with Crippen molar-refractivity contribution in [3.8, 4) is 11.1 Å². The molecule has 3 aromatic rings. The number of nitrogens with one attached hydrogen (secondary N) is 2. The number of rotatable bonds is 7. The molecule has 5 nitrogen and oxygen atoms in total. The van der Waals surface area contributed by atoms with Gasteiger partial charge in [-0.2, -0.15) is 5.10 Å². The van der Waals surface area contributed by atoms with E-state index in [4.69, 9.17) is 0 Å². The van der Waals surface area contributed by atoms with Crippen molar-refractivity contribution in [1.82, 2.24) is 20.4 Å². The summed E-state index contributed by atoms with van der Waals surface area (Å²) in [6, 6.07) is 15.6. The number of nitrogens with zero attached hydrogens (tertiary/aromatic N) is 2. The summed E-state index contributed by atoms with van der Waals surface area (Å²) >= 11 is 0. The van der Waals surface area contributed by atoms with Crippen LogP contribution in [0, 0.1) is 11.8 Å². The summed E-state index contributed by atoms with van der Waals surface area (Å²) in [6.07, 6.45) is 9.68. The minimum atomic E-state index is 0.0346. The summed E-state index contributed by atoms with van der Waals surface area (Å²) in [6.45, 7) is 7.99. The highest BCUT2D eigenvalue weighted by Crippen LogP contribution is 2.49. The van der Waals surface area contributed by atoms with E-state index in [0.29, 0.717) is 18.5 Å². The Balaban J connectivity index is 1.10. The van der Waals surface area contributed by atoms with Crippen molar-refractivity contribution in [2.24, 2.45) is 11.8 Å². The van der Waals surface area contributed by atoms with Gasteiger partial charge in [-0.3, -0.25) is 14.8 Å². The fourth-order valence-electron chi connectivity index (χ4n) is 6.40. The van der Waals surface area contributed by atoms with E-state index < -0.39 is 0 Å². The summed E-state index contributed by atoms with van der Waals surface area (Å²) in [5.41, 5.74) is 7.26. The Morgan fingerprint density at radius 3 is 2.74 bits per heavy atom. The van der Waals surface area contributed by atoms with E-state index in [1.54, 1.807) is 0 Å². The number of amides is 1. The van der Waals surface area contributed by atoms with Crippen LogP contribution >= 0.6 is 0 Å². The second-order valence-corrected chi connectivity index (χ2v) is 11.2. The molecule has 1 saturated carbocycles. The SMILES string of the molecule is C[C@H]1[C@H]2Cc3ccc(C(=O)NCCc4ccc(-c5cn[nH]c5)cc4)cc3C1(C)CCN2CC1CC1. The van der Waals surface area contributed by atoms with Gasteiger partial charge in [0.15, 0.2) is 0 Å². The van der Waals surface area contributed by atoms with Gasteiger partial charge in [0.25, 0.3) is 5.91 Å². The van der Waals surface area contributed by atoms with Crippen molar-refractivity contribution in [3.63, 3.8) is 0 Å². The molecule has 35 heavy (non-hydrogen) atoms. The Morgan fingerprint density at radius 1 is 1.17 bits per heavy atom. The van der Waals surface area contributed by atoms with E-state index in [1.165, 1.54) is 49.0 Å². The molecule has 1 aromatic heterocycles. The molecular formula is C30H36N4O. The molecule has 1 unspecified atom stereocenters. The van der Waals surface area contributed by atoms with Crippen molar-refractivity contribution in [3.05, 3.63) is 77.1 Å². The number of piperidine rings is 1. The topological polar surface area (TPSA) is 61.0 Å². The Morgan fingerprint density at radius 2 is 2.00 bits per heavy atom. The predicted octanol–water partition coefficient (Wildman–Crippen LogP) is 4.98. The van der Waals surface area contributed by atoms with E-state index >= 15 is 0 Å². The van der Waals surface area contributed by atoms with Gasteiger partial charge in [0.2, 0.25) is 0 Å². The lowest BCUT2D eigenvalue weighted by atomic mass is 9.59. The lowest BCUT2D eigenvalue weighted by Gasteiger charge is -2.55. The van der Waals surface area contributed by atoms with Gasteiger partial charge in [-0.05, 0) is 90.3 Å². The van der Waals surface area contributed by atoms with E-state index in [9.17, 15) is 4.79 Å². The molecule has 3 aliphatic rings. The third-order valence-corrected chi connectivity index (χ3v) is 9.06. The van der Waals surface area contributed by atoms with Gasteiger partial charge in [0, 0.05) is 36.5 Å². The monoisotopic (exact) mass is 468 g/mol. The van der Waals surface area contributed by atoms with Crippen molar-refractivity contribution >= 4 is 5.91 Å². The maximum Gasteiger partial charge on any atom is 0.251 e. The third kappa shape index (κ3) is 4.31. The molecule has 1 saturated heterocycles. The molecule has 1 amide bonds. The molecule has 2 aliphatic carbocycles. The highest BCUT2D eigenvalue weighted by Gasteiger charge is 2.49. The van der Waals surface area contributed by atoms with Crippen molar-refractivity contribution in [1.29, 1.82) is 0 Å². The largest absolute Gasteiger partial charge is 0.352 e. The molecule has 5 heteroatoms. The lowest BCUT2D eigenvalue weighted by Crippen LogP contribution is -2.58. The molecule has 2 heterocycles. The fraction of sp³-hybridized carbons (Fsp3) is 0.467. The number of aromatic nitrogens is 2. The third-order valence-electron chi connectivity index (χ3n) is 9.06. The van der Waals surface area contributed by atoms with Gasteiger partial charge in [0.1, 0.15) is 0 Å². The average Bonchev–Trinajstić information content (AvgIpc) is 3.52. The van der Waals surface area contributed by atoms with Crippen LogP contribution < -0.4 is 5.32 Å². The number of carbonyl (C=O) groups excluding carboxylic acids is 1. The van der Waals surface area contributed by atoms with Gasteiger partial charge in [-0.1, -0.05) is 44.2 Å². The van der Waals surface area contributed by atoms with Crippen LogP contribution in [0.5, 0.6) is 0 Å². The first-order valence-corrected chi connectivity index (χ1v) is 13.2. The minimum absolute atomic E-state index is 0.0346. The molecule has 182 valence electrons. The zero-order valence-electron chi connectivity index (χ0n) is 20.9. The molecule has 2 fully saturated rings. The first-order chi connectivity index (χ1) is 17.0. The zero-order chi connectivity index (χ0) is 24.0. The number of hydrogen-bond donors (Lipinski definition) is 2. The van der Waals surface area contributed by atoms with Gasteiger partial charge < -0.3 is 5.32 Å². The summed E-state index contributed by atoms with van der Waals surface area (Å²) < 4.78 is 0. The number of fused-ring (bicyclic) bond motifs is 4. The number of H-pyrrole nitrogens is 1. The standard InChI is InChI=1S/C30H36N4O/c1-20-28-16-24-9-10-25(15-27(24)30(20,2)12-14-34(28)19-22-3-4-22)29(35)31-13-11-21-5-7-23(8-6-21)26-17-32-33-18-26/h5-10,15,17-18,20,22,28H,3-4,11-14,16,19H2,1-2H3,(H,31,35)(H,32,33)/t20-,28+,30?/m0/s1. The summed E-state index contributed by atoms with van der Waals surface area (Å²) in [4.78, 5) is 15.8. The second-order valence-electron chi connectivity index (χ2n) is 11.2. The second kappa shape index (κ2) is 8.94. The Hall–Kier alpha value is -2.92. The number of carbonyl (C=O) groups is 1. The molecule has 6 rings (SSSR count). The average molecular weight is 469 g/mol. The highest BCUT2D eigenvalue weighted by atomic mass is 16.1. The Labute approximate surface area is 208 Å². The molecule has 2 bridgehead atoms. The van der Waals surface area contributed by atoms with Gasteiger partial charge in [-0.15, -0.1) is 0 Å². The Bertz CT molecular complexity index is 1200. The first kappa shape index (κ1) is 22.5. The van der Waals surface area contributed by atoms with E-state index in [2.05, 4.69) is 70.7 Å². The maximum atomic E-state index is 13.0. The van der Waals surface area contributed by atoms with E-state index in [-0.39, 0.29) is 11.3 Å². The molecule has 2 aromatic carbocycles. The van der Waals surface area contributed by atoms with Crippen LogP contribution in [0.2, 0.25) is 0 Å². The van der Waals surface area contributed by atoms with E-state index in [1.807, 2.05) is 18.5 Å². The summed E-state index contributed by atoms with van der Waals surface area (Å²) in [7, 11) is 0.